The summed E-state index contributed by atoms with van der Waals surface area (Å²) in [5, 5.41) is 8.04. The van der Waals surface area contributed by atoms with Crippen LogP contribution >= 0.6 is 35.3 Å². The third kappa shape index (κ3) is 6.02. The van der Waals surface area contributed by atoms with Crippen LogP contribution in [0.4, 0.5) is 0 Å². The van der Waals surface area contributed by atoms with Gasteiger partial charge in [-0.25, -0.2) is 4.98 Å². The molecule has 6 heteroatoms. The molecule has 1 saturated carbocycles. The Hall–Kier alpha value is -0.370. The van der Waals surface area contributed by atoms with Gasteiger partial charge in [0.2, 0.25) is 0 Å². The highest BCUT2D eigenvalue weighted by Gasteiger charge is 2.23. The molecule has 1 aromatic rings. The zero-order valence-electron chi connectivity index (χ0n) is 14.1. The molecule has 1 fully saturated rings. The molecule has 0 aromatic carbocycles. The molecule has 0 unspecified atom stereocenters. The lowest BCUT2D eigenvalue weighted by atomic mass is 9.80. The Balaban J connectivity index is 0.00000242. The maximum atomic E-state index is 4.37. The highest BCUT2D eigenvalue weighted by molar-refractivity contribution is 14.0. The molecule has 0 aliphatic heterocycles. The fourth-order valence-electron chi connectivity index (χ4n) is 2.96. The summed E-state index contributed by atoms with van der Waals surface area (Å²) in [6.45, 7) is 7.52. The van der Waals surface area contributed by atoms with E-state index < -0.39 is 0 Å². The minimum Gasteiger partial charge on any atom is -0.354 e. The quantitative estimate of drug-likeness (QED) is 0.427. The Labute approximate surface area is 155 Å². The Bertz CT molecular complexity index is 464. The summed E-state index contributed by atoms with van der Waals surface area (Å²) in [6, 6.07) is 0.559. The molecule has 1 aliphatic carbocycles. The SMILES string of the molecule is CN=C(NCc1ncc(C)s1)NC1CCC(C(C)C)CC1.I. The summed E-state index contributed by atoms with van der Waals surface area (Å²) < 4.78 is 0. The molecular formula is C16H29IN4S. The van der Waals surface area contributed by atoms with Gasteiger partial charge in [0.05, 0.1) is 6.54 Å². The van der Waals surface area contributed by atoms with Gasteiger partial charge >= 0.3 is 0 Å². The molecule has 0 spiro atoms. The first-order valence-electron chi connectivity index (χ1n) is 7.97. The average molecular weight is 436 g/mol. The normalized spacial score (nSPS) is 22.3. The van der Waals surface area contributed by atoms with E-state index in [-0.39, 0.29) is 24.0 Å². The zero-order chi connectivity index (χ0) is 15.2. The van der Waals surface area contributed by atoms with E-state index in [0.717, 1.165) is 29.3 Å². The highest BCUT2D eigenvalue weighted by atomic mass is 127. The van der Waals surface area contributed by atoms with Gasteiger partial charge in [-0.05, 0) is 44.4 Å². The smallest absolute Gasteiger partial charge is 0.191 e. The van der Waals surface area contributed by atoms with Crippen molar-refractivity contribution in [3.63, 3.8) is 0 Å². The Morgan fingerprint density at radius 1 is 1.36 bits per heavy atom. The predicted octanol–water partition coefficient (Wildman–Crippen LogP) is 3.95. The topological polar surface area (TPSA) is 49.3 Å². The summed E-state index contributed by atoms with van der Waals surface area (Å²) in [7, 11) is 1.84. The first-order chi connectivity index (χ1) is 10.1. The van der Waals surface area contributed by atoms with E-state index in [9.17, 15) is 0 Å². The van der Waals surface area contributed by atoms with E-state index in [1.54, 1.807) is 11.3 Å². The van der Waals surface area contributed by atoms with Gasteiger partial charge in [0.15, 0.2) is 5.96 Å². The number of hydrogen-bond donors (Lipinski definition) is 2. The van der Waals surface area contributed by atoms with Crippen molar-refractivity contribution in [3.8, 4) is 0 Å². The summed E-state index contributed by atoms with van der Waals surface area (Å²) in [5.74, 6) is 2.61. The lowest BCUT2D eigenvalue weighted by molar-refractivity contribution is 0.250. The standard InChI is InChI=1S/C16H28N4S.HI/c1-11(2)13-5-7-14(8-6-13)20-16(17-4)19-10-15-18-9-12(3)21-15;/h9,11,13-14H,5-8,10H2,1-4H3,(H2,17,19,20);1H. The van der Waals surface area contributed by atoms with Gasteiger partial charge in [-0.1, -0.05) is 13.8 Å². The zero-order valence-corrected chi connectivity index (χ0v) is 17.2. The molecule has 0 saturated heterocycles. The van der Waals surface area contributed by atoms with Crippen molar-refractivity contribution in [1.82, 2.24) is 15.6 Å². The minimum absolute atomic E-state index is 0. The van der Waals surface area contributed by atoms with Crippen LogP contribution in [0.15, 0.2) is 11.2 Å². The maximum absolute atomic E-state index is 4.37. The van der Waals surface area contributed by atoms with Crippen LogP contribution in [-0.2, 0) is 6.54 Å². The number of hydrogen-bond acceptors (Lipinski definition) is 3. The van der Waals surface area contributed by atoms with Crippen molar-refractivity contribution in [1.29, 1.82) is 0 Å². The number of aromatic nitrogens is 1. The third-order valence-corrected chi connectivity index (χ3v) is 5.27. The molecular weight excluding hydrogens is 407 g/mol. The first-order valence-corrected chi connectivity index (χ1v) is 8.78. The highest BCUT2D eigenvalue weighted by Crippen LogP contribution is 2.29. The molecule has 4 nitrogen and oxygen atoms in total. The molecule has 2 rings (SSSR count). The second-order valence-corrected chi connectivity index (χ2v) is 7.61. The van der Waals surface area contributed by atoms with E-state index in [2.05, 4.69) is 41.4 Å². The van der Waals surface area contributed by atoms with Crippen LogP contribution in [-0.4, -0.2) is 24.0 Å². The van der Waals surface area contributed by atoms with Crippen molar-refractivity contribution in [2.24, 2.45) is 16.8 Å². The van der Waals surface area contributed by atoms with Crippen LogP contribution in [0.2, 0.25) is 0 Å². The van der Waals surface area contributed by atoms with E-state index in [0.29, 0.717) is 6.04 Å². The van der Waals surface area contributed by atoms with Crippen LogP contribution in [0.25, 0.3) is 0 Å². The molecule has 0 atom stereocenters. The number of guanidine groups is 1. The van der Waals surface area contributed by atoms with Crippen LogP contribution < -0.4 is 10.6 Å². The van der Waals surface area contributed by atoms with Crippen LogP contribution in [0.5, 0.6) is 0 Å². The molecule has 0 radical (unpaired) electrons. The van der Waals surface area contributed by atoms with Crippen LogP contribution in [0.1, 0.15) is 49.4 Å². The van der Waals surface area contributed by atoms with Gasteiger partial charge in [-0.2, -0.15) is 0 Å². The fraction of sp³-hybridized carbons (Fsp3) is 0.750. The number of nitrogens with one attached hydrogen (secondary N) is 2. The number of rotatable bonds is 4. The first kappa shape index (κ1) is 19.7. The number of thiazole rings is 1. The monoisotopic (exact) mass is 436 g/mol. The summed E-state index contributed by atoms with van der Waals surface area (Å²) in [6.07, 6.45) is 7.08. The summed E-state index contributed by atoms with van der Waals surface area (Å²) in [4.78, 5) is 9.95. The molecule has 1 heterocycles. The largest absolute Gasteiger partial charge is 0.354 e. The van der Waals surface area contributed by atoms with Gasteiger partial charge in [-0.3, -0.25) is 4.99 Å². The van der Waals surface area contributed by atoms with Crippen molar-refractivity contribution in [2.75, 3.05) is 7.05 Å². The van der Waals surface area contributed by atoms with Gasteiger partial charge in [0.25, 0.3) is 0 Å². The molecule has 1 aliphatic rings. The third-order valence-electron chi connectivity index (χ3n) is 4.36. The van der Waals surface area contributed by atoms with E-state index >= 15 is 0 Å². The lowest BCUT2D eigenvalue weighted by Gasteiger charge is -2.32. The lowest BCUT2D eigenvalue weighted by Crippen LogP contribution is -2.44. The van der Waals surface area contributed by atoms with Crippen molar-refractivity contribution in [2.45, 2.75) is 59.0 Å². The van der Waals surface area contributed by atoms with Crippen molar-refractivity contribution in [3.05, 3.63) is 16.1 Å². The van der Waals surface area contributed by atoms with E-state index in [1.807, 2.05) is 13.2 Å². The molecule has 1 aromatic heterocycles. The van der Waals surface area contributed by atoms with Crippen LogP contribution in [0.3, 0.4) is 0 Å². The Kier molecular flexibility index (Phi) is 8.67. The second-order valence-electron chi connectivity index (χ2n) is 6.29. The van der Waals surface area contributed by atoms with Crippen molar-refractivity contribution < 1.29 is 0 Å². The molecule has 0 amide bonds. The predicted molar refractivity (Wildman–Crippen MR) is 106 cm³/mol. The fourth-order valence-corrected chi connectivity index (χ4v) is 3.69. The molecule has 126 valence electrons. The van der Waals surface area contributed by atoms with Gasteiger partial charge in [-0.15, -0.1) is 35.3 Å². The van der Waals surface area contributed by atoms with E-state index in [4.69, 9.17) is 0 Å². The van der Waals surface area contributed by atoms with E-state index in [1.165, 1.54) is 30.6 Å². The van der Waals surface area contributed by atoms with Gasteiger partial charge < -0.3 is 10.6 Å². The number of aliphatic imine (C=N–C) groups is 1. The summed E-state index contributed by atoms with van der Waals surface area (Å²) >= 11 is 1.73. The second kappa shape index (κ2) is 9.70. The number of nitrogens with zero attached hydrogens (tertiary/aromatic N) is 2. The van der Waals surface area contributed by atoms with Gasteiger partial charge in [0, 0.05) is 24.2 Å². The average Bonchev–Trinajstić information content (AvgIpc) is 2.89. The molecule has 0 bridgehead atoms. The summed E-state index contributed by atoms with van der Waals surface area (Å²) in [5.41, 5.74) is 0. The van der Waals surface area contributed by atoms with Gasteiger partial charge in [0.1, 0.15) is 5.01 Å². The van der Waals surface area contributed by atoms with Crippen molar-refractivity contribution >= 4 is 41.3 Å². The Morgan fingerprint density at radius 3 is 2.55 bits per heavy atom. The molecule has 2 N–H and O–H groups in total. The maximum Gasteiger partial charge on any atom is 0.191 e. The number of aryl methyl sites for hydroxylation is 1. The Morgan fingerprint density at radius 2 is 2.05 bits per heavy atom. The molecule has 22 heavy (non-hydrogen) atoms. The number of halogens is 1. The van der Waals surface area contributed by atoms with Crippen LogP contribution in [0, 0.1) is 18.8 Å². The minimum atomic E-state index is 0.